The highest BCUT2D eigenvalue weighted by molar-refractivity contribution is 5.93. The first-order valence-electron chi connectivity index (χ1n) is 7.90. The molecule has 0 saturated heterocycles. The minimum absolute atomic E-state index is 0.00212. The van der Waals surface area contributed by atoms with Crippen LogP contribution in [0.4, 0.5) is 4.39 Å². The number of cyclic esters (lactones) is 1. The molecule has 1 fully saturated rings. The summed E-state index contributed by atoms with van der Waals surface area (Å²) in [5.74, 6) is -0.482. The van der Waals surface area contributed by atoms with Gasteiger partial charge in [0, 0.05) is 6.42 Å². The third-order valence-electron chi connectivity index (χ3n) is 4.56. The Bertz CT molecular complexity index is 588. The van der Waals surface area contributed by atoms with Gasteiger partial charge in [0.1, 0.15) is 11.7 Å². The average molecular weight is 304 g/mol. The van der Waals surface area contributed by atoms with Gasteiger partial charge in [-0.15, -0.1) is 6.58 Å². The average Bonchev–Trinajstić information content (AvgIpc) is 2.50. The second kappa shape index (κ2) is 6.11. The summed E-state index contributed by atoms with van der Waals surface area (Å²) in [4.78, 5) is 11.9. The van der Waals surface area contributed by atoms with Gasteiger partial charge in [0.15, 0.2) is 11.6 Å². The third kappa shape index (κ3) is 2.87. The summed E-state index contributed by atoms with van der Waals surface area (Å²) < 4.78 is 25.5. The van der Waals surface area contributed by atoms with Gasteiger partial charge in [-0.2, -0.15) is 0 Å². The van der Waals surface area contributed by atoms with Crippen LogP contribution in [0.3, 0.4) is 0 Å². The fourth-order valence-corrected chi connectivity index (χ4v) is 3.29. The molecular weight excluding hydrogens is 283 g/mol. The number of allylic oxidation sites excluding steroid dienone is 1. The Morgan fingerprint density at radius 3 is 2.73 bits per heavy atom. The van der Waals surface area contributed by atoms with Crippen molar-refractivity contribution in [3.05, 3.63) is 41.7 Å². The number of halogens is 1. The van der Waals surface area contributed by atoms with Crippen LogP contribution >= 0.6 is 0 Å². The topological polar surface area (TPSA) is 35.5 Å². The van der Waals surface area contributed by atoms with E-state index in [0.717, 1.165) is 25.7 Å². The summed E-state index contributed by atoms with van der Waals surface area (Å²) in [5.41, 5.74) is 0.736. The Morgan fingerprint density at radius 1 is 1.32 bits per heavy atom. The molecule has 1 atom stereocenters. The van der Waals surface area contributed by atoms with Crippen LogP contribution in [0.2, 0.25) is 0 Å². The normalized spacial score (nSPS) is 27.7. The summed E-state index contributed by atoms with van der Waals surface area (Å²) in [5, 5.41) is 0. The molecule has 118 valence electrons. The summed E-state index contributed by atoms with van der Waals surface area (Å²) in [6, 6.07) is 3.42. The molecule has 2 aliphatic rings. The van der Waals surface area contributed by atoms with E-state index >= 15 is 0 Å². The molecule has 0 radical (unpaired) electrons. The zero-order chi connectivity index (χ0) is 15.7. The molecule has 22 heavy (non-hydrogen) atoms. The molecule has 3 rings (SSSR count). The maximum Gasteiger partial charge on any atom is 0.341 e. The van der Waals surface area contributed by atoms with Crippen LogP contribution in [0.15, 0.2) is 24.8 Å². The van der Waals surface area contributed by atoms with Crippen molar-refractivity contribution in [1.29, 1.82) is 0 Å². The second-order valence-corrected chi connectivity index (χ2v) is 6.22. The zero-order valence-corrected chi connectivity index (χ0v) is 12.8. The number of benzene rings is 1. The van der Waals surface area contributed by atoms with E-state index in [1.165, 1.54) is 0 Å². The molecular formula is C18H21FO3. The molecule has 1 aromatic rings. The molecule has 3 nitrogen and oxygen atoms in total. The zero-order valence-electron chi connectivity index (χ0n) is 12.8. The number of carbonyl (C=O) groups is 1. The van der Waals surface area contributed by atoms with E-state index in [2.05, 4.69) is 6.58 Å². The van der Waals surface area contributed by atoms with Gasteiger partial charge in [0.2, 0.25) is 0 Å². The highest BCUT2D eigenvalue weighted by atomic mass is 19.1. The highest BCUT2D eigenvalue weighted by Gasteiger charge is 2.30. The number of hydrogen-bond acceptors (Lipinski definition) is 3. The van der Waals surface area contributed by atoms with E-state index in [-0.39, 0.29) is 23.5 Å². The molecule has 0 spiro atoms. The van der Waals surface area contributed by atoms with Crippen molar-refractivity contribution in [3.8, 4) is 5.75 Å². The quantitative estimate of drug-likeness (QED) is 0.624. The van der Waals surface area contributed by atoms with Crippen LogP contribution < -0.4 is 4.74 Å². The number of fused-ring (bicyclic) bond motifs is 1. The lowest BCUT2D eigenvalue weighted by atomic mass is 9.87. The number of carbonyl (C=O) groups excluding carboxylic acids is 1. The summed E-state index contributed by atoms with van der Waals surface area (Å²) in [6.07, 6.45) is 6.11. The maximum absolute atomic E-state index is 14.6. The smallest absolute Gasteiger partial charge is 0.341 e. The molecule has 1 aromatic carbocycles. The van der Waals surface area contributed by atoms with Gasteiger partial charge < -0.3 is 9.47 Å². The Kier molecular flexibility index (Phi) is 4.19. The SMILES string of the molecule is C=CC1CCC(Oc2ccc3c(c2F)C(=O)OC(C)C3)CC1. The first-order chi connectivity index (χ1) is 10.6. The lowest BCUT2D eigenvalue weighted by molar-refractivity contribution is 0.0291. The van der Waals surface area contributed by atoms with Gasteiger partial charge in [0.05, 0.1) is 6.10 Å². The Hall–Kier alpha value is -1.84. The number of esters is 1. The van der Waals surface area contributed by atoms with Crippen LogP contribution in [-0.2, 0) is 11.2 Å². The van der Waals surface area contributed by atoms with Crippen LogP contribution in [-0.4, -0.2) is 18.2 Å². The van der Waals surface area contributed by atoms with Gasteiger partial charge in [-0.3, -0.25) is 0 Å². The molecule has 0 bridgehead atoms. The molecule has 1 saturated carbocycles. The molecule has 0 aromatic heterocycles. The van der Waals surface area contributed by atoms with Gasteiger partial charge in [-0.25, -0.2) is 9.18 Å². The van der Waals surface area contributed by atoms with Gasteiger partial charge in [-0.1, -0.05) is 12.1 Å². The number of rotatable bonds is 3. The van der Waals surface area contributed by atoms with Gasteiger partial charge in [0.25, 0.3) is 0 Å². The van der Waals surface area contributed by atoms with Crippen molar-refractivity contribution in [2.75, 3.05) is 0 Å². The second-order valence-electron chi connectivity index (χ2n) is 6.22. The molecule has 1 unspecified atom stereocenters. The lowest BCUT2D eigenvalue weighted by Gasteiger charge is -2.28. The molecule has 4 heteroatoms. The fraction of sp³-hybridized carbons (Fsp3) is 0.500. The Balaban J connectivity index is 1.77. The molecule has 0 amide bonds. The largest absolute Gasteiger partial charge is 0.487 e. The Morgan fingerprint density at radius 2 is 2.05 bits per heavy atom. The van der Waals surface area contributed by atoms with E-state index in [4.69, 9.17) is 9.47 Å². The monoisotopic (exact) mass is 304 g/mol. The van der Waals surface area contributed by atoms with E-state index in [9.17, 15) is 9.18 Å². The predicted molar refractivity (Wildman–Crippen MR) is 81.6 cm³/mol. The van der Waals surface area contributed by atoms with Crippen LogP contribution in [0.5, 0.6) is 5.75 Å². The van der Waals surface area contributed by atoms with Gasteiger partial charge >= 0.3 is 5.97 Å². The van der Waals surface area contributed by atoms with Crippen LogP contribution in [0, 0.1) is 11.7 Å². The maximum atomic E-state index is 14.6. The first kappa shape index (κ1) is 15.1. The van der Waals surface area contributed by atoms with Crippen molar-refractivity contribution in [1.82, 2.24) is 0 Å². The fourth-order valence-electron chi connectivity index (χ4n) is 3.29. The summed E-state index contributed by atoms with van der Waals surface area (Å²) >= 11 is 0. The molecule has 1 aliphatic heterocycles. The van der Waals surface area contributed by atoms with E-state index in [0.29, 0.717) is 17.9 Å². The van der Waals surface area contributed by atoms with Crippen LogP contribution in [0.25, 0.3) is 0 Å². The van der Waals surface area contributed by atoms with Crippen molar-refractivity contribution in [2.24, 2.45) is 5.92 Å². The minimum Gasteiger partial charge on any atom is -0.487 e. The van der Waals surface area contributed by atoms with Crippen LogP contribution in [0.1, 0.15) is 48.5 Å². The summed E-state index contributed by atoms with van der Waals surface area (Å²) in [7, 11) is 0. The first-order valence-corrected chi connectivity index (χ1v) is 7.90. The third-order valence-corrected chi connectivity index (χ3v) is 4.56. The highest BCUT2D eigenvalue weighted by Crippen LogP contribution is 2.33. The standard InChI is InChI=1S/C18H21FO3/c1-3-12-4-7-14(8-5-12)22-15-9-6-13-10-11(2)21-18(20)16(13)17(15)19/h3,6,9,11-12,14H,1,4-5,7-8,10H2,2H3. The molecule has 0 N–H and O–H groups in total. The van der Waals surface area contributed by atoms with Gasteiger partial charge in [-0.05, 0) is 50.2 Å². The summed E-state index contributed by atoms with van der Waals surface area (Å²) in [6.45, 7) is 5.62. The number of ether oxygens (including phenoxy) is 2. The van der Waals surface area contributed by atoms with E-state index in [1.54, 1.807) is 19.1 Å². The van der Waals surface area contributed by atoms with E-state index < -0.39 is 11.8 Å². The number of hydrogen-bond donors (Lipinski definition) is 0. The van der Waals surface area contributed by atoms with Crippen molar-refractivity contribution in [2.45, 2.75) is 51.2 Å². The predicted octanol–water partition coefficient (Wildman–Crippen LogP) is 4.05. The lowest BCUT2D eigenvalue weighted by Crippen LogP contribution is -2.27. The van der Waals surface area contributed by atoms with E-state index in [1.807, 2.05) is 6.08 Å². The minimum atomic E-state index is -0.591. The Labute approximate surface area is 130 Å². The van der Waals surface area contributed by atoms with Crippen molar-refractivity contribution >= 4 is 5.97 Å². The van der Waals surface area contributed by atoms with Crippen molar-refractivity contribution < 1.29 is 18.7 Å². The molecule has 1 heterocycles. The van der Waals surface area contributed by atoms with Crippen molar-refractivity contribution in [3.63, 3.8) is 0 Å². The molecule has 1 aliphatic carbocycles.